The zero-order valence-electron chi connectivity index (χ0n) is 18.4. The largest absolute Gasteiger partial charge is 0.368 e. The molecule has 0 saturated heterocycles. The summed E-state index contributed by atoms with van der Waals surface area (Å²) >= 11 is 5.83. The predicted molar refractivity (Wildman–Crippen MR) is 128 cm³/mol. The Kier molecular flexibility index (Phi) is 8.28. The zero-order valence-corrected chi connectivity index (χ0v) is 20.0. The lowest BCUT2D eigenvalue weighted by atomic mass is 10.1. The van der Waals surface area contributed by atoms with Crippen molar-refractivity contribution in [2.24, 2.45) is 4.99 Å². The van der Waals surface area contributed by atoms with Gasteiger partial charge in [-0.15, -0.1) is 0 Å². The number of hydrogen-bond donors (Lipinski definition) is 1. The highest BCUT2D eigenvalue weighted by Crippen LogP contribution is 2.18. The number of carbonyl (C=O) groups is 1. The lowest BCUT2D eigenvalue weighted by molar-refractivity contribution is -0.130. The van der Waals surface area contributed by atoms with Crippen molar-refractivity contribution in [1.29, 1.82) is 0 Å². The van der Waals surface area contributed by atoms with Crippen LogP contribution < -0.4 is 5.32 Å². The maximum absolute atomic E-state index is 12.6. The standard InChI is InChI=1S/C23H29ClN4O3S/c1-27(17-13-18-5-7-19(8-6-18)23-25-14-15-26-23)22(29)4-3-16-28(2)32(30,31)21-11-9-20(24)10-12-21/h5-12H,3-4,13-17H2,1-2H3,(H,25,26). The van der Waals surface area contributed by atoms with E-state index < -0.39 is 10.0 Å². The minimum atomic E-state index is -3.59. The topological polar surface area (TPSA) is 82.1 Å². The first-order chi connectivity index (χ1) is 15.3. The molecule has 0 spiro atoms. The smallest absolute Gasteiger partial charge is 0.242 e. The number of nitrogens with zero attached hydrogens (tertiary/aromatic N) is 3. The highest BCUT2D eigenvalue weighted by atomic mass is 35.5. The molecule has 0 bridgehead atoms. The quantitative estimate of drug-likeness (QED) is 0.571. The van der Waals surface area contributed by atoms with Gasteiger partial charge in [-0.2, -0.15) is 0 Å². The number of likely N-dealkylation sites (N-methyl/N-ethyl adjacent to an activating group) is 1. The summed E-state index contributed by atoms with van der Waals surface area (Å²) in [6.45, 7) is 2.57. The van der Waals surface area contributed by atoms with Gasteiger partial charge in [-0.1, -0.05) is 35.9 Å². The molecule has 7 nitrogen and oxygen atoms in total. The first-order valence-electron chi connectivity index (χ1n) is 10.6. The Labute approximate surface area is 195 Å². The van der Waals surface area contributed by atoms with E-state index in [4.69, 9.17) is 11.6 Å². The summed E-state index contributed by atoms with van der Waals surface area (Å²) in [6, 6.07) is 14.3. The Bertz CT molecular complexity index is 1050. The summed E-state index contributed by atoms with van der Waals surface area (Å²) in [4.78, 5) is 18.8. The summed E-state index contributed by atoms with van der Waals surface area (Å²) in [5, 5.41) is 3.74. The summed E-state index contributed by atoms with van der Waals surface area (Å²) in [6.07, 6.45) is 1.50. The third kappa shape index (κ3) is 6.31. The fourth-order valence-electron chi connectivity index (χ4n) is 3.39. The van der Waals surface area contributed by atoms with E-state index in [9.17, 15) is 13.2 Å². The Hall–Kier alpha value is -2.42. The molecule has 32 heavy (non-hydrogen) atoms. The van der Waals surface area contributed by atoms with Crippen molar-refractivity contribution in [2.45, 2.75) is 24.2 Å². The van der Waals surface area contributed by atoms with Gasteiger partial charge in [0.25, 0.3) is 0 Å². The predicted octanol–water partition coefficient (Wildman–Crippen LogP) is 2.79. The molecule has 0 atom stereocenters. The van der Waals surface area contributed by atoms with Crippen molar-refractivity contribution in [3.63, 3.8) is 0 Å². The van der Waals surface area contributed by atoms with Gasteiger partial charge >= 0.3 is 0 Å². The van der Waals surface area contributed by atoms with Crippen molar-refractivity contribution in [1.82, 2.24) is 14.5 Å². The van der Waals surface area contributed by atoms with Crippen molar-refractivity contribution in [2.75, 3.05) is 40.3 Å². The molecule has 2 aromatic rings. The van der Waals surface area contributed by atoms with Crippen LogP contribution in [0.1, 0.15) is 24.0 Å². The first-order valence-corrected chi connectivity index (χ1v) is 12.4. The van der Waals surface area contributed by atoms with Crippen LogP contribution in [0.3, 0.4) is 0 Å². The molecule has 2 aromatic carbocycles. The molecule has 9 heteroatoms. The minimum Gasteiger partial charge on any atom is -0.368 e. The van der Waals surface area contributed by atoms with Crippen molar-refractivity contribution >= 4 is 33.4 Å². The van der Waals surface area contributed by atoms with Crippen LogP contribution in [-0.4, -0.2) is 69.6 Å². The van der Waals surface area contributed by atoms with E-state index in [2.05, 4.69) is 22.4 Å². The van der Waals surface area contributed by atoms with E-state index in [0.29, 0.717) is 24.4 Å². The van der Waals surface area contributed by atoms with E-state index in [0.717, 1.165) is 36.5 Å². The fraction of sp³-hybridized carbons (Fsp3) is 0.391. The maximum atomic E-state index is 12.6. The van der Waals surface area contributed by atoms with Crippen LogP contribution >= 0.6 is 11.6 Å². The second-order valence-electron chi connectivity index (χ2n) is 7.80. The minimum absolute atomic E-state index is 0.00317. The summed E-state index contributed by atoms with van der Waals surface area (Å²) in [7, 11) is -0.291. The molecule has 1 amide bonds. The molecule has 1 N–H and O–H groups in total. The Balaban J connectivity index is 1.42. The second kappa shape index (κ2) is 10.9. The second-order valence-corrected chi connectivity index (χ2v) is 10.3. The van der Waals surface area contributed by atoms with Crippen molar-refractivity contribution in [3.8, 4) is 0 Å². The Morgan fingerprint density at radius 3 is 2.38 bits per heavy atom. The van der Waals surface area contributed by atoms with Crippen molar-refractivity contribution < 1.29 is 13.2 Å². The highest BCUT2D eigenvalue weighted by molar-refractivity contribution is 7.89. The number of amides is 1. The molecule has 0 saturated carbocycles. The van der Waals surface area contributed by atoms with Gasteiger partial charge in [0.1, 0.15) is 5.84 Å². The molecule has 1 aliphatic heterocycles. The van der Waals surface area contributed by atoms with Gasteiger partial charge < -0.3 is 10.2 Å². The van der Waals surface area contributed by atoms with Crippen LogP contribution in [-0.2, 0) is 21.2 Å². The molecule has 1 heterocycles. The number of sulfonamides is 1. The van der Waals surface area contributed by atoms with Gasteiger partial charge in [-0.25, -0.2) is 12.7 Å². The molecule has 0 radical (unpaired) electrons. The van der Waals surface area contributed by atoms with Crippen molar-refractivity contribution in [3.05, 3.63) is 64.7 Å². The number of amidine groups is 1. The summed E-state index contributed by atoms with van der Waals surface area (Å²) in [5.74, 6) is 0.940. The fourth-order valence-corrected chi connectivity index (χ4v) is 4.73. The van der Waals surface area contributed by atoms with Gasteiger partial charge in [0.2, 0.25) is 15.9 Å². The lowest BCUT2D eigenvalue weighted by Gasteiger charge is -2.19. The summed E-state index contributed by atoms with van der Waals surface area (Å²) in [5.41, 5.74) is 2.23. The average Bonchev–Trinajstić information content (AvgIpc) is 3.33. The van der Waals surface area contributed by atoms with Crippen LogP contribution in [0.15, 0.2) is 58.4 Å². The molecular formula is C23H29ClN4O3S. The number of nitrogens with one attached hydrogen (secondary N) is 1. The van der Waals surface area contributed by atoms with Crippen LogP contribution in [0.4, 0.5) is 0 Å². The molecule has 0 aromatic heterocycles. The maximum Gasteiger partial charge on any atom is 0.242 e. The zero-order chi connectivity index (χ0) is 23.1. The molecule has 0 aliphatic carbocycles. The molecule has 3 rings (SSSR count). The molecule has 0 fully saturated rings. The first kappa shape index (κ1) is 24.2. The molecule has 1 aliphatic rings. The van der Waals surface area contributed by atoms with Gasteiger partial charge in [-0.3, -0.25) is 9.79 Å². The Morgan fingerprint density at radius 1 is 1.06 bits per heavy atom. The van der Waals surface area contributed by atoms with Crippen LogP contribution in [0, 0.1) is 0 Å². The van der Waals surface area contributed by atoms with Crippen LogP contribution in [0.5, 0.6) is 0 Å². The van der Waals surface area contributed by atoms with E-state index in [-0.39, 0.29) is 17.3 Å². The number of rotatable bonds is 10. The third-order valence-electron chi connectivity index (χ3n) is 5.45. The van der Waals surface area contributed by atoms with Crippen LogP contribution in [0.2, 0.25) is 5.02 Å². The van der Waals surface area contributed by atoms with Gasteiger partial charge in [0.15, 0.2) is 0 Å². The number of carbonyl (C=O) groups excluding carboxylic acids is 1. The number of aliphatic imine (C=N–C) groups is 1. The highest BCUT2D eigenvalue weighted by Gasteiger charge is 2.21. The average molecular weight is 477 g/mol. The monoisotopic (exact) mass is 476 g/mol. The van der Waals surface area contributed by atoms with Gasteiger partial charge in [0.05, 0.1) is 11.4 Å². The molecule has 172 valence electrons. The van der Waals surface area contributed by atoms with Gasteiger partial charge in [-0.05, 0) is 42.7 Å². The van der Waals surface area contributed by atoms with E-state index >= 15 is 0 Å². The van der Waals surface area contributed by atoms with Gasteiger partial charge in [0, 0.05) is 50.7 Å². The van der Waals surface area contributed by atoms with E-state index in [1.807, 2.05) is 12.1 Å². The third-order valence-corrected chi connectivity index (χ3v) is 7.57. The Morgan fingerprint density at radius 2 is 1.75 bits per heavy atom. The van der Waals surface area contributed by atoms with Crippen LogP contribution in [0.25, 0.3) is 0 Å². The van der Waals surface area contributed by atoms with E-state index in [1.165, 1.54) is 23.5 Å². The number of hydrogen-bond acceptors (Lipinski definition) is 5. The normalized spacial score (nSPS) is 13.7. The lowest BCUT2D eigenvalue weighted by Crippen LogP contribution is -2.31. The number of halogens is 1. The SMILES string of the molecule is CN(CCc1ccc(C2=NCCN2)cc1)C(=O)CCCN(C)S(=O)(=O)c1ccc(Cl)cc1. The van der Waals surface area contributed by atoms with E-state index in [1.54, 1.807) is 24.1 Å². The summed E-state index contributed by atoms with van der Waals surface area (Å²) < 4.78 is 26.5. The number of benzene rings is 2. The molecular weight excluding hydrogens is 448 g/mol. The molecule has 0 unspecified atom stereocenters.